The van der Waals surface area contributed by atoms with Gasteiger partial charge in [0.25, 0.3) is 0 Å². The number of esters is 1. The van der Waals surface area contributed by atoms with Crippen LogP contribution in [0.2, 0.25) is 0 Å². The molecule has 0 saturated carbocycles. The standard InChI is InChI=1S/C13H14F4O3/c1-2-5-19-6-7-20-12(18)10-8-9(13(15,16)17)3-4-11(10)14/h3-4,8H,2,5-7H2,1H3. The van der Waals surface area contributed by atoms with Crippen molar-refractivity contribution in [3.8, 4) is 0 Å². The van der Waals surface area contributed by atoms with Gasteiger partial charge in [0.1, 0.15) is 12.4 Å². The van der Waals surface area contributed by atoms with Crippen molar-refractivity contribution in [2.45, 2.75) is 19.5 Å². The molecule has 0 saturated heterocycles. The van der Waals surface area contributed by atoms with Crippen LogP contribution in [-0.4, -0.2) is 25.8 Å². The average molecular weight is 294 g/mol. The number of carbonyl (C=O) groups is 1. The average Bonchev–Trinajstić information content (AvgIpc) is 2.37. The summed E-state index contributed by atoms with van der Waals surface area (Å²) in [5.74, 6) is -2.20. The Labute approximate surface area is 113 Å². The monoisotopic (exact) mass is 294 g/mol. The Hall–Kier alpha value is -1.63. The molecule has 1 aromatic rings. The Morgan fingerprint density at radius 1 is 1.20 bits per heavy atom. The smallest absolute Gasteiger partial charge is 0.416 e. The van der Waals surface area contributed by atoms with E-state index >= 15 is 0 Å². The van der Waals surface area contributed by atoms with E-state index in [4.69, 9.17) is 4.74 Å². The molecule has 0 radical (unpaired) electrons. The van der Waals surface area contributed by atoms with Gasteiger partial charge in [0.2, 0.25) is 0 Å². The maximum Gasteiger partial charge on any atom is 0.416 e. The molecule has 0 amide bonds. The SMILES string of the molecule is CCCOCCOC(=O)c1cc(C(F)(F)F)ccc1F. The fourth-order valence-electron chi connectivity index (χ4n) is 1.38. The van der Waals surface area contributed by atoms with Gasteiger partial charge in [-0.2, -0.15) is 13.2 Å². The lowest BCUT2D eigenvalue weighted by atomic mass is 10.1. The molecule has 0 aromatic heterocycles. The third-order valence-corrected chi connectivity index (χ3v) is 2.32. The third-order valence-electron chi connectivity index (χ3n) is 2.32. The van der Waals surface area contributed by atoms with Gasteiger partial charge in [-0.3, -0.25) is 0 Å². The lowest BCUT2D eigenvalue weighted by molar-refractivity contribution is -0.137. The van der Waals surface area contributed by atoms with E-state index in [9.17, 15) is 22.4 Å². The van der Waals surface area contributed by atoms with Gasteiger partial charge in [0.15, 0.2) is 0 Å². The Balaban J connectivity index is 2.67. The number of halogens is 4. The predicted octanol–water partition coefficient (Wildman–Crippen LogP) is 3.43. The summed E-state index contributed by atoms with van der Waals surface area (Å²) < 4.78 is 60.4. The molecule has 0 bridgehead atoms. The van der Waals surface area contributed by atoms with E-state index < -0.39 is 29.1 Å². The molecule has 1 aromatic carbocycles. The van der Waals surface area contributed by atoms with Gasteiger partial charge in [-0.25, -0.2) is 9.18 Å². The summed E-state index contributed by atoms with van der Waals surface area (Å²) in [6.45, 7) is 2.34. The van der Waals surface area contributed by atoms with E-state index in [1.54, 1.807) is 0 Å². The van der Waals surface area contributed by atoms with Crippen molar-refractivity contribution in [1.82, 2.24) is 0 Å². The first-order valence-corrected chi connectivity index (χ1v) is 5.98. The topological polar surface area (TPSA) is 35.5 Å². The minimum atomic E-state index is -4.65. The molecular formula is C13H14F4O3. The summed E-state index contributed by atoms with van der Waals surface area (Å²) in [5, 5.41) is 0. The van der Waals surface area contributed by atoms with Crippen LogP contribution >= 0.6 is 0 Å². The highest BCUT2D eigenvalue weighted by Gasteiger charge is 2.32. The lowest BCUT2D eigenvalue weighted by Crippen LogP contribution is -2.14. The highest BCUT2D eigenvalue weighted by molar-refractivity contribution is 5.90. The third kappa shape index (κ3) is 4.80. The van der Waals surface area contributed by atoms with E-state index in [1.807, 2.05) is 6.92 Å². The molecule has 0 atom stereocenters. The van der Waals surface area contributed by atoms with Crippen LogP contribution < -0.4 is 0 Å². The zero-order valence-corrected chi connectivity index (χ0v) is 10.8. The number of rotatable bonds is 6. The van der Waals surface area contributed by atoms with Crippen molar-refractivity contribution in [3.63, 3.8) is 0 Å². The van der Waals surface area contributed by atoms with E-state index in [1.165, 1.54) is 0 Å². The Morgan fingerprint density at radius 2 is 1.90 bits per heavy atom. The first kappa shape index (κ1) is 16.4. The quantitative estimate of drug-likeness (QED) is 0.458. The number of hydrogen-bond donors (Lipinski definition) is 0. The van der Waals surface area contributed by atoms with Crippen molar-refractivity contribution in [1.29, 1.82) is 0 Å². The van der Waals surface area contributed by atoms with Crippen molar-refractivity contribution >= 4 is 5.97 Å². The Kier molecular flexibility index (Phi) is 5.94. The highest BCUT2D eigenvalue weighted by atomic mass is 19.4. The molecule has 1 rings (SSSR count). The van der Waals surface area contributed by atoms with Gasteiger partial charge in [-0.05, 0) is 24.6 Å². The molecular weight excluding hydrogens is 280 g/mol. The van der Waals surface area contributed by atoms with Crippen molar-refractivity contribution in [2.24, 2.45) is 0 Å². The van der Waals surface area contributed by atoms with Crippen LogP contribution in [0.25, 0.3) is 0 Å². The summed E-state index contributed by atoms with van der Waals surface area (Å²) in [7, 11) is 0. The number of carbonyl (C=O) groups excluding carboxylic acids is 1. The Bertz CT molecular complexity index is 457. The second-order valence-electron chi connectivity index (χ2n) is 3.94. The summed E-state index contributed by atoms with van der Waals surface area (Å²) in [6, 6.07) is 1.59. The molecule has 0 aliphatic rings. The normalized spacial score (nSPS) is 11.4. The number of hydrogen-bond acceptors (Lipinski definition) is 3. The minimum absolute atomic E-state index is 0.111. The van der Waals surface area contributed by atoms with Gasteiger partial charge < -0.3 is 9.47 Å². The summed E-state index contributed by atoms with van der Waals surface area (Å²) in [4.78, 5) is 11.5. The highest BCUT2D eigenvalue weighted by Crippen LogP contribution is 2.30. The van der Waals surface area contributed by atoms with E-state index in [2.05, 4.69) is 4.74 Å². The number of ether oxygens (including phenoxy) is 2. The van der Waals surface area contributed by atoms with Gasteiger partial charge in [0.05, 0.1) is 17.7 Å². The first-order valence-electron chi connectivity index (χ1n) is 5.98. The second kappa shape index (κ2) is 7.23. The lowest BCUT2D eigenvalue weighted by Gasteiger charge is -2.10. The Morgan fingerprint density at radius 3 is 2.50 bits per heavy atom. The molecule has 0 heterocycles. The van der Waals surface area contributed by atoms with E-state index in [-0.39, 0.29) is 13.2 Å². The van der Waals surface area contributed by atoms with Gasteiger partial charge in [-0.15, -0.1) is 0 Å². The number of alkyl halides is 3. The zero-order valence-electron chi connectivity index (χ0n) is 10.8. The molecule has 20 heavy (non-hydrogen) atoms. The minimum Gasteiger partial charge on any atom is -0.460 e. The predicted molar refractivity (Wildman–Crippen MR) is 62.8 cm³/mol. The van der Waals surface area contributed by atoms with E-state index in [0.717, 1.165) is 6.42 Å². The fourth-order valence-corrected chi connectivity index (χ4v) is 1.38. The zero-order chi connectivity index (χ0) is 15.2. The summed E-state index contributed by atoms with van der Waals surface area (Å²) in [5.41, 5.74) is -1.84. The van der Waals surface area contributed by atoms with Crippen LogP contribution in [0.15, 0.2) is 18.2 Å². The molecule has 112 valence electrons. The van der Waals surface area contributed by atoms with Crippen LogP contribution in [0, 0.1) is 5.82 Å². The largest absolute Gasteiger partial charge is 0.460 e. The molecule has 3 nitrogen and oxygen atoms in total. The molecule has 0 N–H and O–H groups in total. The maximum atomic E-state index is 13.3. The molecule has 0 fully saturated rings. The van der Waals surface area contributed by atoms with Crippen molar-refractivity contribution < 1.29 is 31.8 Å². The molecule has 0 aliphatic heterocycles. The second-order valence-corrected chi connectivity index (χ2v) is 3.94. The maximum absolute atomic E-state index is 13.3. The van der Waals surface area contributed by atoms with E-state index in [0.29, 0.717) is 24.8 Å². The summed E-state index contributed by atoms with van der Waals surface area (Å²) in [6.07, 6.45) is -3.86. The van der Waals surface area contributed by atoms with Crippen LogP contribution in [-0.2, 0) is 15.7 Å². The van der Waals surface area contributed by atoms with Crippen LogP contribution in [0.1, 0.15) is 29.3 Å². The molecule has 0 spiro atoms. The van der Waals surface area contributed by atoms with Crippen LogP contribution in [0.3, 0.4) is 0 Å². The van der Waals surface area contributed by atoms with Crippen molar-refractivity contribution in [2.75, 3.05) is 19.8 Å². The van der Waals surface area contributed by atoms with Crippen LogP contribution in [0.4, 0.5) is 17.6 Å². The van der Waals surface area contributed by atoms with Crippen LogP contribution in [0.5, 0.6) is 0 Å². The fraction of sp³-hybridized carbons (Fsp3) is 0.462. The first-order chi connectivity index (χ1) is 9.36. The van der Waals surface area contributed by atoms with Gasteiger partial charge in [-0.1, -0.05) is 6.92 Å². The summed E-state index contributed by atoms with van der Waals surface area (Å²) >= 11 is 0. The molecule has 0 aliphatic carbocycles. The van der Waals surface area contributed by atoms with Gasteiger partial charge in [0, 0.05) is 6.61 Å². The number of benzene rings is 1. The van der Waals surface area contributed by atoms with Gasteiger partial charge >= 0.3 is 12.1 Å². The van der Waals surface area contributed by atoms with Crippen molar-refractivity contribution in [3.05, 3.63) is 35.1 Å². The molecule has 0 unspecified atom stereocenters. The molecule has 7 heteroatoms.